The van der Waals surface area contributed by atoms with E-state index in [0.717, 1.165) is 30.3 Å². The van der Waals surface area contributed by atoms with Gasteiger partial charge in [-0.2, -0.15) is 8.78 Å². The van der Waals surface area contributed by atoms with Crippen molar-refractivity contribution in [1.29, 1.82) is 0 Å². The van der Waals surface area contributed by atoms with E-state index in [9.17, 15) is 27.2 Å². The molecule has 10 heteroatoms. The Morgan fingerprint density at radius 1 is 1.07 bits per heavy atom. The van der Waals surface area contributed by atoms with Gasteiger partial charge in [-0.25, -0.2) is 13.6 Å². The minimum absolute atomic E-state index is 0.0809. The molecular weight excluding hydrogens is 398 g/mol. The Morgan fingerprint density at radius 2 is 1.79 bits per heavy atom. The first-order chi connectivity index (χ1) is 13.7. The van der Waals surface area contributed by atoms with E-state index in [1.165, 1.54) is 6.92 Å². The molecular formula is C19H17F4NO5. The highest BCUT2D eigenvalue weighted by Crippen LogP contribution is 2.30. The molecule has 6 nitrogen and oxygen atoms in total. The van der Waals surface area contributed by atoms with Gasteiger partial charge in [0.25, 0.3) is 5.91 Å². The molecule has 1 atom stereocenters. The second-order valence-electron chi connectivity index (χ2n) is 5.63. The molecule has 2 aromatic carbocycles. The molecule has 2 rings (SSSR count). The maximum absolute atomic E-state index is 13.6. The van der Waals surface area contributed by atoms with Crippen LogP contribution in [0.25, 0.3) is 0 Å². The zero-order chi connectivity index (χ0) is 21.6. The van der Waals surface area contributed by atoms with Gasteiger partial charge in [0, 0.05) is 6.07 Å². The lowest BCUT2D eigenvalue weighted by molar-refractivity contribution is -0.123. The quantitative estimate of drug-likeness (QED) is 0.518. The minimum atomic E-state index is -3.08. The van der Waals surface area contributed by atoms with Crippen molar-refractivity contribution in [2.75, 3.05) is 11.9 Å². The van der Waals surface area contributed by atoms with Crippen molar-refractivity contribution in [2.24, 2.45) is 0 Å². The fourth-order valence-corrected chi connectivity index (χ4v) is 2.20. The predicted octanol–water partition coefficient (Wildman–Crippen LogP) is 4.15. The smallest absolute Gasteiger partial charge is 0.387 e. The Kier molecular flexibility index (Phi) is 7.40. The molecule has 0 aliphatic rings. The Balaban J connectivity index is 2.07. The molecule has 0 aliphatic heterocycles. The number of ether oxygens (including phenoxy) is 3. The van der Waals surface area contributed by atoms with Gasteiger partial charge in [0.1, 0.15) is 11.6 Å². The highest BCUT2D eigenvalue weighted by atomic mass is 19.3. The summed E-state index contributed by atoms with van der Waals surface area (Å²) in [5.74, 6) is -3.98. The first kappa shape index (κ1) is 22.0. The number of nitrogens with one attached hydrogen (secondary N) is 1. The van der Waals surface area contributed by atoms with Gasteiger partial charge in [-0.3, -0.25) is 4.79 Å². The summed E-state index contributed by atoms with van der Waals surface area (Å²) in [6.45, 7) is -0.104. The zero-order valence-electron chi connectivity index (χ0n) is 15.4. The van der Waals surface area contributed by atoms with Gasteiger partial charge in [-0.05, 0) is 44.2 Å². The molecule has 1 N–H and O–H groups in total. The number of rotatable bonds is 8. The molecule has 0 unspecified atom stereocenters. The second kappa shape index (κ2) is 9.76. The summed E-state index contributed by atoms with van der Waals surface area (Å²) >= 11 is 0. The van der Waals surface area contributed by atoms with Crippen molar-refractivity contribution in [3.8, 4) is 11.5 Å². The number of carbonyl (C=O) groups is 2. The van der Waals surface area contributed by atoms with Crippen LogP contribution in [0.4, 0.5) is 23.2 Å². The summed E-state index contributed by atoms with van der Waals surface area (Å²) < 4.78 is 65.8. The van der Waals surface area contributed by atoms with Crippen LogP contribution in [-0.2, 0) is 9.53 Å². The number of hydrogen-bond donors (Lipinski definition) is 1. The topological polar surface area (TPSA) is 73.9 Å². The van der Waals surface area contributed by atoms with E-state index in [-0.39, 0.29) is 29.4 Å². The Morgan fingerprint density at radius 3 is 2.41 bits per heavy atom. The summed E-state index contributed by atoms with van der Waals surface area (Å²) in [6, 6.07) is 5.96. The van der Waals surface area contributed by atoms with Crippen molar-refractivity contribution in [3.05, 3.63) is 53.6 Å². The standard InChI is InChI=1S/C19H17F4NO5/c1-3-27-16-8-11(4-7-15(16)29-19(22)23)18(26)28-10(2)17(25)24-14-6-5-12(20)9-13(14)21/h4-10,19H,3H2,1-2H3,(H,24,25)/t10-/m0/s1. The van der Waals surface area contributed by atoms with Gasteiger partial charge < -0.3 is 19.5 Å². The average molecular weight is 415 g/mol. The van der Waals surface area contributed by atoms with Gasteiger partial charge in [-0.1, -0.05) is 0 Å². The van der Waals surface area contributed by atoms with Crippen LogP contribution < -0.4 is 14.8 Å². The molecule has 1 amide bonds. The average Bonchev–Trinajstić information content (AvgIpc) is 2.65. The normalized spacial score (nSPS) is 11.7. The third-order valence-electron chi connectivity index (χ3n) is 3.54. The summed E-state index contributed by atoms with van der Waals surface area (Å²) in [4.78, 5) is 24.3. The number of carbonyl (C=O) groups excluding carboxylic acids is 2. The van der Waals surface area contributed by atoms with Gasteiger partial charge in [0.2, 0.25) is 0 Å². The number of amides is 1. The SMILES string of the molecule is CCOc1cc(C(=O)O[C@@H](C)C(=O)Nc2ccc(F)cc2F)ccc1OC(F)F. The Hall–Kier alpha value is -3.30. The highest BCUT2D eigenvalue weighted by Gasteiger charge is 2.22. The van der Waals surface area contributed by atoms with Crippen LogP contribution in [0.1, 0.15) is 24.2 Å². The second-order valence-corrected chi connectivity index (χ2v) is 5.63. The molecule has 0 aromatic heterocycles. The van der Waals surface area contributed by atoms with Gasteiger partial charge >= 0.3 is 12.6 Å². The van der Waals surface area contributed by atoms with E-state index in [1.807, 2.05) is 0 Å². The summed E-state index contributed by atoms with van der Waals surface area (Å²) in [6.07, 6.45) is -1.33. The van der Waals surface area contributed by atoms with Crippen molar-refractivity contribution >= 4 is 17.6 Å². The van der Waals surface area contributed by atoms with Crippen LogP contribution >= 0.6 is 0 Å². The first-order valence-electron chi connectivity index (χ1n) is 8.39. The first-order valence-corrected chi connectivity index (χ1v) is 8.39. The lowest BCUT2D eigenvalue weighted by Gasteiger charge is -2.15. The highest BCUT2D eigenvalue weighted by molar-refractivity contribution is 5.97. The van der Waals surface area contributed by atoms with E-state index >= 15 is 0 Å². The number of alkyl halides is 2. The third-order valence-corrected chi connectivity index (χ3v) is 3.54. The lowest BCUT2D eigenvalue weighted by atomic mass is 10.2. The summed E-state index contributed by atoms with van der Waals surface area (Å²) in [5.41, 5.74) is -0.367. The number of anilines is 1. The minimum Gasteiger partial charge on any atom is -0.490 e. The maximum Gasteiger partial charge on any atom is 0.387 e. The van der Waals surface area contributed by atoms with Crippen molar-refractivity contribution < 1.29 is 41.4 Å². The fraction of sp³-hybridized carbons (Fsp3) is 0.263. The summed E-state index contributed by atoms with van der Waals surface area (Å²) in [5, 5.41) is 2.17. The van der Waals surface area contributed by atoms with Crippen LogP contribution in [0, 0.1) is 11.6 Å². The molecule has 0 heterocycles. The van der Waals surface area contributed by atoms with E-state index in [4.69, 9.17) is 9.47 Å². The molecule has 0 bridgehead atoms. The van der Waals surface area contributed by atoms with E-state index < -0.39 is 36.2 Å². The molecule has 0 fully saturated rings. The van der Waals surface area contributed by atoms with Crippen molar-refractivity contribution in [3.63, 3.8) is 0 Å². The van der Waals surface area contributed by atoms with Gasteiger partial charge in [0.15, 0.2) is 17.6 Å². The van der Waals surface area contributed by atoms with Gasteiger partial charge in [0.05, 0.1) is 17.9 Å². The molecule has 156 valence electrons. The maximum atomic E-state index is 13.6. The monoisotopic (exact) mass is 415 g/mol. The van der Waals surface area contributed by atoms with Gasteiger partial charge in [-0.15, -0.1) is 0 Å². The van der Waals surface area contributed by atoms with Crippen molar-refractivity contribution in [2.45, 2.75) is 26.6 Å². The largest absolute Gasteiger partial charge is 0.490 e. The molecule has 2 aromatic rings. The Bertz CT molecular complexity index is 891. The van der Waals surface area contributed by atoms with Crippen LogP contribution in [0.2, 0.25) is 0 Å². The van der Waals surface area contributed by atoms with E-state index in [1.54, 1.807) is 6.92 Å². The molecule has 0 saturated carbocycles. The molecule has 0 aliphatic carbocycles. The van der Waals surface area contributed by atoms with Crippen LogP contribution in [-0.4, -0.2) is 31.2 Å². The zero-order valence-corrected chi connectivity index (χ0v) is 15.4. The molecule has 0 spiro atoms. The Labute approximate surface area is 163 Å². The van der Waals surface area contributed by atoms with E-state index in [2.05, 4.69) is 10.1 Å². The summed E-state index contributed by atoms with van der Waals surface area (Å²) in [7, 11) is 0. The predicted molar refractivity (Wildman–Crippen MR) is 94.1 cm³/mol. The van der Waals surface area contributed by atoms with Crippen LogP contribution in [0.3, 0.4) is 0 Å². The number of hydrogen-bond acceptors (Lipinski definition) is 5. The third kappa shape index (κ3) is 6.09. The molecule has 29 heavy (non-hydrogen) atoms. The lowest BCUT2D eigenvalue weighted by Crippen LogP contribution is -2.30. The molecule has 0 saturated heterocycles. The number of halogens is 4. The van der Waals surface area contributed by atoms with E-state index in [0.29, 0.717) is 6.07 Å². The van der Waals surface area contributed by atoms with Crippen LogP contribution in [0.15, 0.2) is 36.4 Å². The fourth-order valence-electron chi connectivity index (χ4n) is 2.20. The number of benzene rings is 2. The van der Waals surface area contributed by atoms with Crippen molar-refractivity contribution in [1.82, 2.24) is 0 Å². The number of esters is 1. The van der Waals surface area contributed by atoms with Crippen LogP contribution in [0.5, 0.6) is 11.5 Å². The molecule has 0 radical (unpaired) electrons.